The number of hydrogen-bond acceptors (Lipinski definition) is 2. The van der Waals surface area contributed by atoms with Crippen LogP contribution in [0.2, 0.25) is 0 Å². The Labute approximate surface area is 152 Å². The van der Waals surface area contributed by atoms with Crippen LogP contribution in [0, 0.1) is 17.8 Å². The summed E-state index contributed by atoms with van der Waals surface area (Å²) in [6.07, 6.45) is 14.0. The molecule has 1 aromatic carbocycles. The first-order valence-corrected chi connectivity index (χ1v) is 9.91. The van der Waals surface area contributed by atoms with E-state index < -0.39 is 0 Å². The molecule has 3 atom stereocenters. The van der Waals surface area contributed by atoms with E-state index in [9.17, 15) is 0 Å². The highest BCUT2D eigenvalue weighted by Gasteiger charge is 2.41. The molecule has 0 aliphatic heterocycles. The van der Waals surface area contributed by atoms with Gasteiger partial charge in [0.2, 0.25) is 0 Å². The Morgan fingerprint density at radius 2 is 1.72 bits per heavy atom. The molecule has 4 rings (SSSR count). The number of ether oxygens (including phenoxy) is 1. The molecule has 0 amide bonds. The van der Waals surface area contributed by atoms with E-state index in [4.69, 9.17) is 10.5 Å². The third-order valence-electron chi connectivity index (χ3n) is 6.54. The Hall–Kier alpha value is -1.70. The summed E-state index contributed by atoms with van der Waals surface area (Å²) in [5, 5.41) is 0. The van der Waals surface area contributed by atoms with Gasteiger partial charge in [-0.1, -0.05) is 32.1 Å². The fourth-order valence-corrected chi connectivity index (χ4v) is 5.64. The van der Waals surface area contributed by atoms with Crippen molar-refractivity contribution in [2.75, 3.05) is 0 Å². The summed E-state index contributed by atoms with van der Waals surface area (Å²) in [4.78, 5) is 0. The van der Waals surface area contributed by atoms with E-state index >= 15 is 0 Å². The summed E-state index contributed by atoms with van der Waals surface area (Å²) in [6.45, 7) is 4.92. The zero-order valence-electron chi connectivity index (χ0n) is 15.6. The highest BCUT2D eigenvalue weighted by atomic mass is 16.5. The second kappa shape index (κ2) is 6.55. The predicted octanol–water partition coefficient (Wildman–Crippen LogP) is 5.34. The van der Waals surface area contributed by atoms with Crippen LogP contribution >= 0.6 is 0 Å². The van der Waals surface area contributed by atoms with Gasteiger partial charge in [0, 0.05) is 12.1 Å². The van der Waals surface area contributed by atoms with Crippen LogP contribution < -0.4 is 10.5 Å². The van der Waals surface area contributed by atoms with Gasteiger partial charge in [-0.05, 0) is 85.1 Å². The zero-order chi connectivity index (χ0) is 17.4. The van der Waals surface area contributed by atoms with E-state index in [-0.39, 0.29) is 6.10 Å². The van der Waals surface area contributed by atoms with E-state index in [2.05, 4.69) is 38.1 Å². The van der Waals surface area contributed by atoms with E-state index in [0.29, 0.717) is 5.41 Å². The molecule has 3 aliphatic rings. The maximum absolute atomic E-state index is 6.08. The molecule has 2 bridgehead atoms. The first-order valence-electron chi connectivity index (χ1n) is 9.91. The van der Waals surface area contributed by atoms with Crippen molar-refractivity contribution in [1.82, 2.24) is 0 Å². The maximum Gasteiger partial charge on any atom is 0.121 e. The molecule has 2 fully saturated rings. The standard InChI is InChI=1S/C23H31NO/c1-16-11-17-13-18(12-16)15-23(2,14-17)19-3-7-21(8-4-19)25-22-9-5-20(24)6-10-22/h3-9,16-18,22H,10-15,24H2,1-2H3. The minimum Gasteiger partial charge on any atom is -0.486 e. The van der Waals surface area contributed by atoms with Gasteiger partial charge in [-0.15, -0.1) is 0 Å². The topological polar surface area (TPSA) is 35.2 Å². The number of fused-ring (bicyclic) bond motifs is 2. The van der Waals surface area contributed by atoms with Crippen LogP contribution in [0.1, 0.15) is 57.9 Å². The molecule has 1 aromatic rings. The van der Waals surface area contributed by atoms with Gasteiger partial charge in [0.25, 0.3) is 0 Å². The molecule has 3 aliphatic carbocycles. The lowest BCUT2D eigenvalue weighted by Gasteiger charge is -2.47. The fourth-order valence-electron chi connectivity index (χ4n) is 5.64. The van der Waals surface area contributed by atoms with Gasteiger partial charge >= 0.3 is 0 Å². The fraction of sp³-hybridized carbons (Fsp3) is 0.565. The SMILES string of the molecule is CC1CC2CC(C1)CC(C)(c1ccc(OC3C=CC(N)=CC3)cc1)C2. The normalized spacial score (nSPS) is 37.4. The lowest BCUT2D eigenvalue weighted by molar-refractivity contribution is 0.0898. The second-order valence-electron chi connectivity index (χ2n) is 8.99. The number of nitrogens with two attached hydrogens (primary N) is 1. The zero-order valence-corrected chi connectivity index (χ0v) is 15.6. The molecule has 0 spiro atoms. The first-order chi connectivity index (χ1) is 12.0. The van der Waals surface area contributed by atoms with Gasteiger partial charge in [0.05, 0.1) is 0 Å². The van der Waals surface area contributed by atoms with Gasteiger partial charge in [-0.25, -0.2) is 0 Å². The number of allylic oxidation sites excluding steroid dienone is 1. The quantitative estimate of drug-likeness (QED) is 0.808. The second-order valence-corrected chi connectivity index (χ2v) is 8.99. The van der Waals surface area contributed by atoms with Crippen molar-refractivity contribution in [3.63, 3.8) is 0 Å². The van der Waals surface area contributed by atoms with Crippen molar-refractivity contribution in [2.45, 2.75) is 63.9 Å². The Balaban J connectivity index is 1.44. The Morgan fingerprint density at radius 3 is 2.32 bits per heavy atom. The Morgan fingerprint density at radius 1 is 1.04 bits per heavy atom. The average molecular weight is 338 g/mol. The molecule has 0 aromatic heterocycles. The first kappa shape index (κ1) is 16.8. The third-order valence-corrected chi connectivity index (χ3v) is 6.54. The van der Waals surface area contributed by atoms with Crippen LogP contribution in [0.15, 0.2) is 48.2 Å². The molecule has 0 saturated heterocycles. The Kier molecular flexibility index (Phi) is 4.39. The van der Waals surface area contributed by atoms with Crippen molar-refractivity contribution < 1.29 is 4.74 Å². The predicted molar refractivity (Wildman–Crippen MR) is 103 cm³/mol. The molecule has 2 heteroatoms. The molecule has 134 valence electrons. The van der Waals surface area contributed by atoms with Crippen LogP contribution in [0.3, 0.4) is 0 Å². The summed E-state index contributed by atoms with van der Waals surface area (Å²) < 4.78 is 6.08. The molecular formula is C23H31NO. The van der Waals surface area contributed by atoms with Crippen LogP contribution in [-0.2, 0) is 5.41 Å². The van der Waals surface area contributed by atoms with Crippen LogP contribution in [-0.4, -0.2) is 6.10 Å². The smallest absolute Gasteiger partial charge is 0.121 e. The van der Waals surface area contributed by atoms with Crippen molar-refractivity contribution in [2.24, 2.45) is 23.5 Å². The molecule has 2 N–H and O–H groups in total. The number of rotatable bonds is 3. The maximum atomic E-state index is 6.08. The van der Waals surface area contributed by atoms with Crippen molar-refractivity contribution in [3.8, 4) is 5.75 Å². The van der Waals surface area contributed by atoms with E-state index in [0.717, 1.165) is 35.6 Å². The monoisotopic (exact) mass is 337 g/mol. The van der Waals surface area contributed by atoms with Gasteiger partial charge < -0.3 is 10.5 Å². The average Bonchev–Trinajstić information content (AvgIpc) is 2.56. The van der Waals surface area contributed by atoms with E-state index in [1.165, 1.54) is 37.7 Å². The number of benzene rings is 1. The van der Waals surface area contributed by atoms with Crippen LogP contribution in [0.25, 0.3) is 0 Å². The van der Waals surface area contributed by atoms with Crippen molar-refractivity contribution >= 4 is 0 Å². The summed E-state index contributed by atoms with van der Waals surface area (Å²) >= 11 is 0. The molecule has 2 saturated carbocycles. The van der Waals surface area contributed by atoms with Gasteiger partial charge in [-0.2, -0.15) is 0 Å². The van der Waals surface area contributed by atoms with Gasteiger partial charge in [-0.3, -0.25) is 0 Å². The van der Waals surface area contributed by atoms with E-state index in [1.54, 1.807) is 0 Å². The van der Waals surface area contributed by atoms with Crippen molar-refractivity contribution in [1.29, 1.82) is 0 Å². The Bertz CT molecular complexity index is 654. The molecule has 0 radical (unpaired) electrons. The molecular weight excluding hydrogens is 306 g/mol. The van der Waals surface area contributed by atoms with Crippen molar-refractivity contribution in [3.05, 3.63) is 53.8 Å². The summed E-state index contributed by atoms with van der Waals surface area (Å²) in [6, 6.07) is 8.92. The minimum absolute atomic E-state index is 0.101. The summed E-state index contributed by atoms with van der Waals surface area (Å²) in [7, 11) is 0. The highest BCUT2D eigenvalue weighted by molar-refractivity contribution is 5.33. The summed E-state index contributed by atoms with van der Waals surface area (Å²) in [5.74, 6) is 3.73. The third kappa shape index (κ3) is 3.63. The van der Waals surface area contributed by atoms with Crippen LogP contribution in [0.5, 0.6) is 5.75 Å². The lowest BCUT2D eigenvalue weighted by Crippen LogP contribution is -2.38. The highest BCUT2D eigenvalue weighted by Crippen LogP contribution is 2.51. The largest absolute Gasteiger partial charge is 0.486 e. The van der Waals surface area contributed by atoms with Gasteiger partial charge in [0.1, 0.15) is 11.9 Å². The molecule has 0 heterocycles. The minimum atomic E-state index is 0.101. The van der Waals surface area contributed by atoms with Gasteiger partial charge in [0.15, 0.2) is 0 Å². The summed E-state index contributed by atoms with van der Waals surface area (Å²) in [5.41, 5.74) is 8.44. The molecule has 25 heavy (non-hydrogen) atoms. The number of hydrogen-bond donors (Lipinski definition) is 1. The molecule has 3 unspecified atom stereocenters. The van der Waals surface area contributed by atoms with E-state index in [1.807, 2.05) is 18.2 Å². The van der Waals surface area contributed by atoms with Crippen LogP contribution in [0.4, 0.5) is 0 Å². The molecule has 2 nitrogen and oxygen atoms in total. The lowest BCUT2D eigenvalue weighted by atomic mass is 9.58.